The lowest BCUT2D eigenvalue weighted by Gasteiger charge is -2.17. The first-order valence-electron chi connectivity index (χ1n) is 8.57. The van der Waals surface area contributed by atoms with E-state index in [1.165, 1.54) is 7.11 Å². The molecule has 1 unspecified atom stereocenters. The minimum Gasteiger partial charge on any atom is -0.474 e. The first kappa shape index (κ1) is 18.9. The molecule has 28 heavy (non-hydrogen) atoms. The van der Waals surface area contributed by atoms with Crippen LogP contribution >= 0.6 is 0 Å². The zero-order valence-corrected chi connectivity index (χ0v) is 15.4. The number of aryl methyl sites for hydroxylation is 1. The molecule has 0 saturated heterocycles. The molecule has 6 heteroatoms. The molecule has 0 radical (unpaired) electrons. The number of methoxy groups -OCH3 is 1. The van der Waals surface area contributed by atoms with Crippen LogP contribution in [0, 0.1) is 18.3 Å². The van der Waals surface area contributed by atoms with Crippen LogP contribution in [0.2, 0.25) is 0 Å². The SMILES string of the molecule is COC(=O)C(Oc1ccc(-c2cc(C)[nH]c(=O)c2C#N)cc1)c1ccccc1. The van der Waals surface area contributed by atoms with Gasteiger partial charge in [-0.15, -0.1) is 0 Å². The molecule has 3 aromatic rings. The zero-order chi connectivity index (χ0) is 20.1. The standard InChI is InChI=1S/C22H18N2O4/c1-14-12-18(19(13-23)21(25)24-14)15-8-10-17(11-9-15)28-20(22(26)27-2)16-6-4-3-5-7-16/h3-12,20H,1-2H3,(H,24,25). The van der Waals surface area contributed by atoms with Gasteiger partial charge in [0.1, 0.15) is 17.4 Å². The van der Waals surface area contributed by atoms with E-state index < -0.39 is 17.6 Å². The Morgan fingerprint density at radius 3 is 2.39 bits per heavy atom. The van der Waals surface area contributed by atoms with Crippen LogP contribution in [0.25, 0.3) is 11.1 Å². The smallest absolute Gasteiger partial charge is 0.351 e. The summed E-state index contributed by atoms with van der Waals surface area (Å²) in [7, 11) is 1.31. The highest BCUT2D eigenvalue weighted by molar-refractivity contribution is 5.77. The molecular formula is C22H18N2O4. The van der Waals surface area contributed by atoms with Gasteiger partial charge in [-0.1, -0.05) is 42.5 Å². The van der Waals surface area contributed by atoms with Crippen molar-refractivity contribution in [3.05, 3.63) is 87.8 Å². The van der Waals surface area contributed by atoms with Gasteiger partial charge < -0.3 is 14.5 Å². The number of aromatic amines is 1. The predicted molar refractivity (Wildman–Crippen MR) is 104 cm³/mol. The monoisotopic (exact) mass is 374 g/mol. The van der Waals surface area contributed by atoms with Crippen LogP contribution in [-0.2, 0) is 9.53 Å². The molecular weight excluding hydrogens is 356 g/mol. The Labute approximate surface area is 162 Å². The van der Waals surface area contributed by atoms with Crippen LogP contribution in [0.1, 0.15) is 22.9 Å². The molecule has 0 saturated carbocycles. The second-order valence-corrected chi connectivity index (χ2v) is 6.14. The van der Waals surface area contributed by atoms with E-state index >= 15 is 0 Å². The van der Waals surface area contributed by atoms with Gasteiger partial charge in [-0.2, -0.15) is 5.26 Å². The van der Waals surface area contributed by atoms with Crippen LogP contribution in [-0.4, -0.2) is 18.1 Å². The van der Waals surface area contributed by atoms with Crippen LogP contribution in [0.3, 0.4) is 0 Å². The second kappa shape index (κ2) is 8.23. The fourth-order valence-electron chi connectivity index (χ4n) is 2.86. The summed E-state index contributed by atoms with van der Waals surface area (Å²) in [5.74, 6) is -0.0460. The van der Waals surface area contributed by atoms with Gasteiger partial charge >= 0.3 is 5.97 Å². The summed E-state index contributed by atoms with van der Waals surface area (Å²) in [6, 6.07) is 19.6. The Hall–Kier alpha value is -3.85. The van der Waals surface area contributed by atoms with Crippen LogP contribution < -0.4 is 10.3 Å². The molecule has 0 amide bonds. The van der Waals surface area contributed by atoms with Crippen LogP contribution in [0.15, 0.2) is 65.5 Å². The minimum absolute atomic E-state index is 0.0518. The summed E-state index contributed by atoms with van der Waals surface area (Å²) in [6.07, 6.45) is -0.895. The van der Waals surface area contributed by atoms with Crippen molar-refractivity contribution in [3.63, 3.8) is 0 Å². The fraction of sp³-hybridized carbons (Fsp3) is 0.136. The van der Waals surface area contributed by atoms with E-state index in [4.69, 9.17) is 9.47 Å². The third kappa shape index (κ3) is 3.94. The Morgan fingerprint density at radius 2 is 1.79 bits per heavy atom. The van der Waals surface area contributed by atoms with E-state index in [1.54, 1.807) is 49.4 Å². The first-order chi connectivity index (χ1) is 13.5. The third-order valence-electron chi connectivity index (χ3n) is 4.22. The highest BCUT2D eigenvalue weighted by Crippen LogP contribution is 2.27. The van der Waals surface area contributed by atoms with E-state index in [0.717, 1.165) is 0 Å². The molecule has 1 atom stereocenters. The quantitative estimate of drug-likeness (QED) is 0.690. The van der Waals surface area contributed by atoms with Gasteiger partial charge in [0, 0.05) is 16.8 Å². The topological polar surface area (TPSA) is 92.2 Å². The molecule has 1 N–H and O–H groups in total. The summed E-state index contributed by atoms with van der Waals surface area (Å²) < 4.78 is 10.7. The molecule has 140 valence electrons. The van der Waals surface area contributed by atoms with Gasteiger partial charge in [-0.25, -0.2) is 4.79 Å². The summed E-state index contributed by atoms with van der Waals surface area (Å²) in [6.45, 7) is 1.75. The first-order valence-corrected chi connectivity index (χ1v) is 8.57. The Bertz CT molecular complexity index is 1080. The fourth-order valence-corrected chi connectivity index (χ4v) is 2.86. The maximum atomic E-state index is 12.1. The number of nitrogens with one attached hydrogen (secondary N) is 1. The lowest BCUT2D eigenvalue weighted by molar-refractivity contribution is -0.149. The van der Waals surface area contributed by atoms with Crippen molar-refractivity contribution in [3.8, 4) is 22.9 Å². The molecule has 2 aromatic carbocycles. The van der Waals surface area contributed by atoms with Crippen molar-refractivity contribution in [1.29, 1.82) is 5.26 Å². The molecule has 0 aliphatic heterocycles. The van der Waals surface area contributed by atoms with Crippen molar-refractivity contribution < 1.29 is 14.3 Å². The number of ether oxygens (including phenoxy) is 2. The zero-order valence-electron chi connectivity index (χ0n) is 15.4. The highest BCUT2D eigenvalue weighted by atomic mass is 16.6. The number of carbonyl (C=O) groups excluding carboxylic acids is 1. The lowest BCUT2D eigenvalue weighted by atomic mass is 10.0. The number of hydrogen-bond donors (Lipinski definition) is 1. The summed E-state index contributed by atoms with van der Waals surface area (Å²) >= 11 is 0. The van der Waals surface area contributed by atoms with Crippen LogP contribution in [0.5, 0.6) is 5.75 Å². The predicted octanol–water partition coefficient (Wildman–Crippen LogP) is 3.52. The number of rotatable bonds is 5. The normalized spacial score (nSPS) is 11.3. The van der Waals surface area contributed by atoms with Crippen molar-refractivity contribution in [2.45, 2.75) is 13.0 Å². The summed E-state index contributed by atoms with van der Waals surface area (Å²) in [5.41, 5.74) is 2.21. The number of pyridine rings is 1. The molecule has 0 fully saturated rings. The van der Waals surface area contributed by atoms with Crippen molar-refractivity contribution in [2.75, 3.05) is 7.11 Å². The van der Waals surface area contributed by atoms with Crippen LogP contribution in [0.4, 0.5) is 0 Å². The number of nitriles is 1. The van der Waals surface area contributed by atoms with E-state index in [9.17, 15) is 14.9 Å². The molecule has 0 aliphatic carbocycles. The molecule has 1 heterocycles. The number of carbonyl (C=O) groups is 1. The lowest BCUT2D eigenvalue weighted by Crippen LogP contribution is -2.20. The molecule has 0 aliphatic rings. The Morgan fingerprint density at radius 1 is 1.11 bits per heavy atom. The van der Waals surface area contributed by atoms with Gasteiger partial charge in [-0.3, -0.25) is 4.79 Å². The van der Waals surface area contributed by atoms with E-state index in [1.807, 2.05) is 24.3 Å². The molecule has 3 rings (SSSR count). The van der Waals surface area contributed by atoms with E-state index in [-0.39, 0.29) is 5.56 Å². The van der Waals surface area contributed by atoms with Gasteiger partial charge in [-0.05, 0) is 30.7 Å². The van der Waals surface area contributed by atoms with Crippen molar-refractivity contribution in [2.24, 2.45) is 0 Å². The van der Waals surface area contributed by atoms with Crippen molar-refractivity contribution in [1.82, 2.24) is 4.98 Å². The molecule has 6 nitrogen and oxygen atoms in total. The third-order valence-corrected chi connectivity index (χ3v) is 4.22. The maximum Gasteiger partial charge on any atom is 0.351 e. The second-order valence-electron chi connectivity index (χ2n) is 6.14. The number of esters is 1. The Kier molecular flexibility index (Phi) is 5.56. The molecule has 1 aromatic heterocycles. The van der Waals surface area contributed by atoms with E-state index in [0.29, 0.717) is 28.1 Å². The summed E-state index contributed by atoms with van der Waals surface area (Å²) in [4.78, 5) is 26.8. The number of aromatic nitrogens is 1. The average Bonchev–Trinajstić information content (AvgIpc) is 2.72. The molecule has 0 spiro atoms. The van der Waals surface area contributed by atoms with Gasteiger partial charge in [0.05, 0.1) is 7.11 Å². The number of hydrogen-bond acceptors (Lipinski definition) is 5. The number of benzene rings is 2. The van der Waals surface area contributed by atoms with Crippen molar-refractivity contribution >= 4 is 5.97 Å². The van der Waals surface area contributed by atoms with Gasteiger partial charge in [0.25, 0.3) is 5.56 Å². The number of nitrogens with zero attached hydrogens (tertiary/aromatic N) is 1. The number of H-pyrrole nitrogens is 1. The largest absolute Gasteiger partial charge is 0.474 e. The Balaban J connectivity index is 1.92. The molecule has 0 bridgehead atoms. The average molecular weight is 374 g/mol. The van der Waals surface area contributed by atoms with Gasteiger partial charge in [0.15, 0.2) is 0 Å². The van der Waals surface area contributed by atoms with Gasteiger partial charge in [0.2, 0.25) is 6.10 Å². The van der Waals surface area contributed by atoms with E-state index in [2.05, 4.69) is 4.98 Å². The summed E-state index contributed by atoms with van der Waals surface area (Å²) in [5, 5.41) is 9.29. The maximum absolute atomic E-state index is 12.1. The minimum atomic E-state index is -0.895. The highest BCUT2D eigenvalue weighted by Gasteiger charge is 2.23.